The van der Waals surface area contributed by atoms with Gasteiger partial charge in [-0.3, -0.25) is 4.79 Å². The molecule has 0 saturated heterocycles. The molecule has 0 saturated carbocycles. The molecule has 4 nitrogen and oxygen atoms in total. The summed E-state index contributed by atoms with van der Waals surface area (Å²) >= 11 is 0. The first-order chi connectivity index (χ1) is 13.1. The number of ketones is 1. The number of rotatable bonds is 4. The van der Waals surface area contributed by atoms with Gasteiger partial charge in [0.05, 0.1) is 0 Å². The summed E-state index contributed by atoms with van der Waals surface area (Å²) in [4.78, 5) is 12.1. The monoisotopic (exact) mass is 354 g/mol. The third-order valence-electron chi connectivity index (χ3n) is 4.78. The van der Waals surface area contributed by atoms with Crippen LogP contribution in [0.15, 0.2) is 72.3 Å². The van der Waals surface area contributed by atoms with Gasteiger partial charge in [-0.05, 0) is 29.7 Å². The van der Waals surface area contributed by atoms with Crippen molar-refractivity contribution >= 4 is 11.4 Å². The lowest BCUT2D eigenvalue weighted by molar-refractivity contribution is -0.114. The summed E-state index contributed by atoms with van der Waals surface area (Å²) in [6.45, 7) is 5.48. The number of para-hydroxylation sites is 1. The maximum Gasteiger partial charge on any atom is 0.155 e. The van der Waals surface area contributed by atoms with Crippen molar-refractivity contribution in [1.29, 1.82) is 10.5 Å². The number of ether oxygens (including phenoxy) is 1. The number of hydrogen-bond acceptors (Lipinski definition) is 4. The lowest BCUT2D eigenvalue weighted by atomic mass is 9.79. The Labute approximate surface area is 158 Å². The molecule has 0 aromatic heterocycles. The molecule has 0 bridgehead atoms. The van der Waals surface area contributed by atoms with Crippen LogP contribution in [0.25, 0.3) is 5.57 Å². The zero-order valence-corrected chi connectivity index (χ0v) is 15.0. The number of carbonyl (C=O) groups excluding carboxylic acids is 1. The zero-order chi connectivity index (χ0) is 19.4. The molecule has 27 heavy (non-hydrogen) atoms. The predicted octanol–water partition coefficient (Wildman–Crippen LogP) is 4.57. The Balaban J connectivity index is 2.14. The Kier molecular flexibility index (Phi) is 5.20. The van der Waals surface area contributed by atoms with Crippen LogP contribution in [-0.2, 0) is 4.79 Å². The second-order valence-electron chi connectivity index (χ2n) is 6.40. The maximum absolute atomic E-state index is 12.1. The van der Waals surface area contributed by atoms with Gasteiger partial charge < -0.3 is 4.74 Å². The molecule has 132 valence electrons. The van der Waals surface area contributed by atoms with Gasteiger partial charge in [0.2, 0.25) is 0 Å². The fraction of sp³-hybridized carbons (Fsp3) is 0.174. The molecule has 2 atom stereocenters. The van der Waals surface area contributed by atoms with Crippen molar-refractivity contribution in [2.24, 2.45) is 0 Å². The molecule has 0 radical (unpaired) electrons. The van der Waals surface area contributed by atoms with E-state index in [9.17, 15) is 15.3 Å². The van der Waals surface area contributed by atoms with Crippen LogP contribution >= 0.6 is 0 Å². The molecule has 0 amide bonds. The Bertz CT molecular complexity index is 991. The van der Waals surface area contributed by atoms with Crippen LogP contribution in [0.2, 0.25) is 0 Å². The van der Waals surface area contributed by atoms with Crippen LogP contribution in [0.5, 0.6) is 5.75 Å². The molecular weight excluding hydrogens is 336 g/mol. The third-order valence-corrected chi connectivity index (χ3v) is 4.78. The molecule has 1 unspecified atom stereocenters. The number of allylic oxidation sites excluding steroid dienone is 1. The lowest BCUT2D eigenvalue weighted by Crippen LogP contribution is -2.32. The number of Topliss-reactive ketones (excluding diaryl/α,β-unsaturated/α-hetero) is 1. The quantitative estimate of drug-likeness (QED) is 0.595. The van der Waals surface area contributed by atoms with Gasteiger partial charge >= 0.3 is 0 Å². The Hall–Kier alpha value is -3.63. The first-order valence-corrected chi connectivity index (χ1v) is 8.61. The number of nitriles is 2. The fourth-order valence-electron chi connectivity index (χ4n) is 3.44. The van der Waals surface area contributed by atoms with E-state index in [0.29, 0.717) is 23.3 Å². The molecular formula is C23H18N2O2. The van der Waals surface area contributed by atoms with Gasteiger partial charge in [-0.25, -0.2) is 0 Å². The molecule has 2 aromatic rings. The van der Waals surface area contributed by atoms with Crippen molar-refractivity contribution in [2.45, 2.75) is 25.4 Å². The summed E-state index contributed by atoms with van der Waals surface area (Å²) in [5, 5.41) is 18.8. The highest BCUT2D eigenvalue weighted by atomic mass is 16.5. The minimum Gasteiger partial charge on any atom is -0.488 e. The van der Waals surface area contributed by atoms with E-state index in [4.69, 9.17) is 4.74 Å². The highest BCUT2D eigenvalue weighted by molar-refractivity contribution is 5.94. The number of carbonyl (C=O) groups is 1. The van der Waals surface area contributed by atoms with E-state index in [0.717, 1.165) is 11.1 Å². The van der Waals surface area contributed by atoms with Crippen LogP contribution in [0.1, 0.15) is 30.4 Å². The molecule has 2 aromatic carbocycles. The average Bonchev–Trinajstić information content (AvgIpc) is 2.69. The SMILES string of the molecule is C=C(C(C)=O)[C@H](c1ccccc1)C1CC(=C(C#N)C#N)c2ccccc2O1. The summed E-state index contributed by atoms with van der Waals surface area (Å²) in [5.74, 6) is 0.118. The predicted molar refractivity (Wildman–Crippen MR) is 103 cm³/mol. The van der Waals surface area contributed by atoms with E-state index < -0.39 is 6.10 Å². The second kappa shape index (κ2) is 7.72. The third kappa shape index (κ3) is 3.52. The molecule has 1 aliphatic heterocycles. The van der Waals surface area contributed by atoms with Crippen molar-refractivity contribution in [3.05, 3.63) is 83.4 Å². The van der Waals surface area contributed by atoms with Crippen LogP contribution in [0, 0.1) is 22.7 Å². The molecule has 0 aliphatic carbocycles. The van der Waals surface area contributed by atoms with Crippen LogP contribution in [0.3, 0.4) is 0 Å². The van der Waals surface area contributed by atoms with E-state index in [1.54, 1.807) is 0 Å². The highest BCUT2D eigenvalue weighted by Crippen LogP contribution is 2.43. The van der Waals surface area contributed by atoms with Crippen molar-refractivity contribution in [2.75, 3.05) is 0 Å². The van der Waals surface area contributed by atoms with Gasteiger partial charge in [0.25, 0.3) is 0 Å². The van der Waals surface area contributed by atoms with Crippen molar-refractivity contribution in [3.63, 3.8) is 0 Å². The topological polar surface area (TPSA) is 73.9 Å². The Morgan fingerprint density at radius 2 is 1.74 bits per heavy atom. The standard InChI is InChI=1S/C23H18N2O2/c1-15(16(2)26)23(17-8-4-3-5-9-17)22-12-20(18(13-24)14-25)19-10-6-7-11-21(19)27-22/h3-11,22-23H,1,12H2,2H3/t22?,23-/m1/s1. The first-order valence-electron chi connectivity index (χ1n) is 8.61. The van der Waals surface area contributed by atoms with Gasteiger partial charge in [-0.2, -0.15) is 10.5 Å². The Morgan fingerprint density at radius 3 is 2.37 bits per heavy atom. The molecule has 0 N–H and O–H groups in total. The first kappa shape index (κ1) is 18.2. The highest BCUT2D eigenvalue weighted by Gasteiger charge is 2.35. The van der Waals surface area contributed by atoms with Gasteiger partial charge in [-0.1, -0.05) is 55.1 Å². The molecule has 4 heteroatoms. The van der Waals surface area contributed by atoms with E-state index >= 15 is 0 Å². The summed E-state index contributed by atoms with van der Waals surface area (Å²) < 4.78 is 6.22. The molecule has 0 spiro atoms. The summed E-state index contributed by atoms with van der Waals surface area (Å²) in [6, 6.07) is 20.9. The largest absolute Gasteiger partial charge is 0.488 e. The smallest absolute Gasteiger partial charge is 0.155 e. The minimum absolute atomic E-state index is 0.0657. The van der Waals surface area contributed by atoms with Gasteiger partial charge in [0, 0.05) is 17.9 Å². The van der Waals surface area contributed by atoms with E-state index in [1.807, 2.05) is 66.7 Å². The number of hydrogen-bond donors (Lipinski definition) is 0. The average molecular weight is 354 g/mol. The van der Waals surface area contributed by atoms with Crippen molar-refractivity contribution < 1.29 is 9.53 Å². The fourth-order valence-corrected chi connectivity index (χ4v) is 3.44. The van der Waals surface area contributed by atoms with Gasteiger partial charge in [-0.15, -0.1) is 0 Å². The van der Waals surface area contributed by atoms with Gasteiger partial charge in [0.15, 0.2) is 5.78 Å². The molecule has 1 aliphatic rings. The number of fused-ring (bicyclic) bond motifs is 1. The summed E-state index contributed by atoms with van der Waals surface area (Å²) in [6.07, 6.45) is -0.0929. The summed E-state index contributed by atoms with van der Waals surface area (Å²) in [7, 11) is 0. The molecule has 1 heterocycles. The van der Waals surface area contributed by atoms with Crippen molar-refractivity contribution in [3.8, 4) is 17.9 Å². The van der Waals surface area contributed by atoms with E-state index in [-0.39, 0.29) is 17.3 Å². The van der Waals surface area contributed by atoms with Crippen LogP contribution in [0.4, 0.5) is 0 Å². The second-order valence-corrected chi connectivity index (χ2v) is 6.40. The number of benzene rings is 2. The van der Waals surface area contributed by atoms with Crippen LogP contribution < -0.4 is 4.74 Å². The lowest BCUT2D eigenvalue weighted by Gasteiger charge is -2.34. The Morgan fingerprint density at radius 1 is 1.11 bits per heavy atom. The van der Waals surface area contributed by atoms with Crippen molar-refractivity contribution in [1.82, 2.24) is 0 Å². The van der Waals surface area contributed by atoms with E-state index in [2.05, 4.69) is 6.58 Å². The minimum atomic E-state index is -0.439. The van der Waals surface area contributed by atoms with E-state index in [1.165, 1.54) is 6.92 Å². The number of nitrogens with zero attached hydrogens (tertiary/aromatic N) is 2. The molecule has 3 rings (SSSR count). The van der Waals surface area contributed by atoms with Gasteiger partial charge in [0.1, 0.15) is 29.6 Å². The zero-order valence-electron chi connectivity index (χ0n) is 15.0. The summed E-state index contributed by atoms with van der Waals surface area (Å²) in [5.41, 5.74) is 2.81. The maximum atomic E-state index is 12.1. The normalized spacial score (nSPS) is 16.1. The van der Waals surface area contributed by atoms with Crippen LogP contribution in [-0.4, -0.2) is 11.9 Å². The molecule has 0 fully saturated rings.